The minimum atomic E-state index is -0.764. The van der Waals surface area contributed by atoms with Crippen LogP contribution in [0, 0.1) is 15.9 Å². The highest BCUT2D eigenvalue weighted by Crippen LogP contribution is 2.39. The molecular formula is C17H9BrClFN2O5S. The first-order valence-corrected chi connectivity index (χ1v) is 9.52. The predicted octanol–water partition coefficient (Wildman–Crippen LogP) is 5.09. The van der Waals surface area contributed by atoms with E-state index in [-0.39, 0.29) is 22.0 Å². The first-order chi connectivity index (χ1) is 13.2. The molecule has 0 aliphatic carbocycles. The second kappa shape index (κ2) is 7.90. The normalized spacial score (nSPS) is 15.5. The van der Waals surface area contributed by atoms with Gasteiger partial charge in [-0.2, -0.15) is 0 Å². The summed E-state index contributed by atoms with van der Waals surface area (Å²) in [6.07, 6.45) is 1.20. The zero-order valence-electron chi connectivity index (χ0n) is 13.7. The maximum absolute atomic E-state index is 13.2. The largest absolute Gasteiger partial charge is 0.502 e. The summed E-state index contributed by atoms with van der Waals surface area (Å²) in [5.74, 6) is -1.83. The van der Waals surface area contributed by atoms with Gasteiger partial charge >= 0.3 is 5.69 Å². The van der Waals surface area contributed by atoms with Crippen molar-refractivity contribution in [1.82, 2.24) is 4.90 Å². The first-order valence-electron chi connectivity index (χ1n) is 7.53. The lowest BCUT2D eigenvalue weighted by Gasteiger charge is -2.13. The van der Waals surface area contributed by atoms with Crippen LogP contribution in [0.2, 0.25) is 5.02 Å². The molecule has 1 fully saturated rings. The number of halogens is 3. The molecule has 2 aromatic carbocycles. The van der Waals surface area contributed by atoms with Crippen molar-refractivity contribution >= 4 is 62.2 Å². The minimum absolute atomic E-state index is 0.00592. The molecule has 1 heterocycles. The van der Waals surface area contributed by atoms with E-state index in [1.165, 1.54) is 18.2 Å². The molecule has 1 N–H and O–H groups in total. The molecule has 144 valence electrons. The molecule has 2 amide bonds. The highest BCUT2D eigenvalue weighted by molar-refractivity contribution is 9.10. The summed E-state index contributed by atoms with van der Waals surface area (Å²) < 4.78 is 13.5. The van der Waals surface area contributed by atoms with Gasteiger partial charge in [0.25, 0.3) is 11.1 Å². The molecule has 7 nitrogen and oxygen atoms in total. The molecule has 1 saturated heterocycles. The number of rotatable bonds is 4. The van der Waals surface area contributed by atoms with Gasteiger partial charge in [-0.15, -0.1) is 0 Å². The van der Waals surface area contributed by atoms with Crippen molar-refractivity contribution in [2.45, 2.75) is 6.54 Å². The lowest BCUT2D eigenvalue weighted by Crippen LogP contribution is -2.27. The number of benzene rings is 2. The van der Waals surface area contributed by atoms with E-state index in [1.807, 2.05) is 0 Å². The Balaban J connectivity index is 1.92. The van der Waals surface area contributed by atoms with Gasteiger partial charge in [-0.3, -0.25) is 24.6 Å². The summed E-state index contributed by atoms with van der Waals surface area (Å²) >= 11 is 9.66. The second-order valence-corrected chi connectivity index (χ2v) is 7.94. The molecular weight excluding hydrogens is 479 g/mol. The van der Waals surface area contributed by atoms with Gasteiger partial charge < -0.3 is 5.11 Å². The first kappa shape index (κ1) is 20.3. The van der Waals surface area contributed by atoms with Crippen molar-refractivity contribution < 1.29 is 24.0 Å². The van der Waals surface area contributed by atoms with Crippen LogP contribution >= 0.6 is 39.3 Å². The van der Waals surface area contributed by atoms with Crippen LogP contribution in [0.4, 0.5) is 14.9 Å². The van der Waals surface area contributed by atoms with E-state index in [0.717, 1.165) is 23.1 Å². The Kier molecular flexibility index (Phi) is 5.73. The monoisotopic (exact) mass is 486 g/mol. The number of hydrogen-bond donors (Lipinski definition) is 1. The molecule has 0 bridgehead atoms. The third kappa shape index (κ3) is 4.03. The fourth-order valence-electron chi connectivity index (χ4n) is 2.45. The quantitative estimate of drug-likeness (QED) is 0.366. The van der Waals surface area contributed by atoms with Crippen LogP contribution in [0.1, 0.15) is 11.1 Å². The number of imide groups is 1. The number of hydrogen-bond acceptors (Lipinski definition) is 6. The van der Waals surface area contributed by atoms with Gasteiger partial charge in [0.1, 0.15) is 5.82 Å². The van der Waals surface area contributed by atoms with Crippen molar-refractivity contribution in [2.75, 3.05) is 0 Å². The van der Waals surface area contributed by atoms with Gasteiger partial charge in [0.15, 0.2) is 0 Å². The fraction of sp³-hybridized carbons (Fsp3) is 0.0588. The zero-order valence-corrected chi connectivity index (χ0v) is 16.8. The van der Waals surface area contributed by atoms with Gasteiger partial charge in [-0.25, -0.2) is 4.39 Å². The number of nitro benzene ring substituents is 1. The van der Waals surface area contributed by atoms with E-state index in [1.54, 1.807) is 0 Å². The number of thioether (sulfide) groups is 1. The summed E-state index contributed by atoms with van der Waals surface area (Å²) in [5, 5.41) is 20.6. The van der Waals surface area contributed by atoms with E-state index in [2.05, 4.69) is 15.9 Å². The van der Waals surface area contributed by atoms with Gasteiger partial charge in [0.2, 0.25) is 5.75 Å². The van der Waals surface area contributed by atoms with E-state index < -0.39 is 33.3 Å². The maximum Gasteiger partial charge on any atom is 0.312 e. The van der Waals surface area contributed by atoms with Gasteiger partial charge in [-0.1, -0.05) is 33.6 Å². The van der Waals surface area contributed by atoms with Crippen molar-refractivity contribution in [3.05, 3.63) is 71.8 Å². The number of nitrogens with zero attached hydrogens (tertiary/aromatic N) is 2. The molecule has 0 unspecified atom stereocenters. The Morgan fingerprint density at radius 3 is 2.68 bits per heavy atom. The van der Waals surface area contributed by atoms with Crippen molar-refractivity contribution in [2.24, 2.45) is 0 Å². The van der Waals surface area contributed by atoms with Crippen LogP contribution in [-0.4, -0.2) is 26.1 Å². The SMILES string of the molecule is O=C1S/C(=C\c2cc(Br)cc([N+](=O)[O-])c2O)C(=O)N1Cc1ccc(F)cc1Cl. The number of amides is 2. The number of nitro groups is 1. The Morgan fingerprint density at radius 1 is 1.32 bits per heavy atom. The van der Waals surface area contributed by atoms with Crippen LogP contribution in [0.3, 0.4) is 0 Å². The lowest BCUT2D eigenvalue weighted by molar-refractivity contribution is -0.385. The molecule has 0 aromatic heterocycles. The predicted molar refractivity (Wildman–Crippen MR) is 105 cm³/mol. The number of carbonyl (C=O) groups excluding carboxylic acids is 2. The summed E-state index contributed by atoms with van der Waals surface area (Å²) in [4.78, 5) is 36.0. The molecule has 3 rings (SSSR count). The molecule has 1 aliphatic heterocycles. The Morgan fingerprint density at radius 2 is 2.04 bits per heavy atom. The Hall–Kier alpha value is -2.43. The van der Waals surface area contributed by atoms with Gasteiger partial charge in [0, 0.05) is 21.1 Å². The van der Waals surface area contributed by atoms with Crippen LogP contribution < -0.4 is 0 Å². The summed E-state index contributed by atoms with van der Waals surface area (Å²) in [7, 11) is 0. The lowest BCUT2D eigenvalue weighted by atomic mass is 10.1. The number of carbonyl (C=O) groups is 2. The number of aromatic hydroxyl groups is 1. The van der Waals surface area contributed by atoms with Crippen molar-refractivity contribution in [3.63, 3.8) is 0 Å². The van der Waals surface area contributed by atoms with E-state index in [4.69, 9.17) is 11.6 Å². The smallest absolute Gasteiger partial charge is 0.312 e. The summed E-state index contributed by atoms with van der Waals surface area (Å²) in [5.41, 5.74) is -0.156. The number of phenolic OH excluding ortho intramolecular Hbond substituents is 1. The highest BCUT2D eigenvalue weighted by atomic mass is 79.9. The standard InChI is InChI=1S/C17H9BrClFN2O5S/c18-10-3-9(15(23)13(5-10)22(26)27)4-14-16(24)21(17(25)28-14)7-8-1-2-11(20)6-12(8)19/h1-6,23H,7H2/b14-4-. The average Bonchev–Trinajstić information content (AvgIpc) is 2.87. The zero-order chi connectivity index (χ0) is 20.6. The topological polar surface area (TPSA) is 101 Å². The Bertz CT molecular complexity index is 1060. The summed E-state index contributed by atoms with van der Waals surface area (Å²) in [6, 6.07) is 6.11. The number of phenols is 1. The van der Waals surface area contributed by atoms with Crippen LogP contribution in [0.15, 0.2) is 39.7 Å². The highest BCUT2D eigenvalue weighted by Gasteiger charge is 2.35. The third-order valence-electron chi connectivity index (χ3n) is 3.78. The van der Waals surface area contributed by atoms with Gasteiger partial charge in [0.05, 0.1) is 16.4 Å². The average molecular weight is 488 g/mol. The molecule has 2 aromatic rings. The minimum Gasteiger partial charge on any atom is -0.502 e. The molecule has 28 heavy (non-hydrogen) atoms. The van der Waals surface area contributed by atoms with Crippen LogP contribution in [-0.2, 0) is 11.3 Å². The van der Waals surface area contributed by atoms with E-state index in [9.17, 15) is 29.2 Å². The van der Waals surface area contributed by atoms with Crippen molar-refractivity contribution in [1.29, 1.82) is 0 Å². The molecule has 0 saturated carbocycles. The molecule has 11 heteroatoms. The van der Waals surface area contributed by atoms with Gasteiger partial charge in [-0.05, 0) is 41.6 Å². The molecule has 0 atom stereocenters. The van der Waals surface area contributed by atoms with E-state index >= 15 is 0 Å². The molecule has 1 aliphatic rings. The third-order valence-corrected chi connectivity index (χ3v) is 5.50. The van der Waals surface area contributed by atoms with Crippen LogP contribution in [0.25, 0.3) is 6.08 Å². The summed E-state index contributed by atoms with van der Waals surface area (Å²) in [6.45, 7) is -0.161. The van der Waals surface area contributed by atoms with Crippen LogP contribution in [0.5, 0.6) is 5.75 Å². The second-order valence-electron chi connectivity index (χ2n) is 5.62. The molecule has 0 spiro atoms. The van der Waals surface area contributed by atoms with E-state index in [0.29, 0.717) is 21.8 Å². The maximum atomic E-state index is 13.2. The fourth-order valence-corrected chi connectivity index (χ4v) is 3.97. The van der Waals surface area contributed by atoms with Crippen molar-refractivity contribution in [3.8, 4) is 5.75 Å². The molecule has 0 radical (unpaired) electrons. The Labute approximate surface area is 175 Å².